The molecule has 0 heterocycles. The first kappa shape index (κ1) is 15.5. The molecule has 0 atom stereocenters. The van der Waals surface area contributed by atoms with Crippen LogP contribution in [-0.4, -0.2) is 21.3 Å². The van der Waals surface area contributed by atoms with Crippen LogP contribution in [0.25, 0.3) is 0 Å². The quantitative estimate of drug-likeness (QED) is 0.585. The summed E-state index contributed by atoms with van der Waals surface area (Å²) in [7, 11) is 0. The molecule has 0 fully saturated rings. The van der Waals surface area contributed by atoms with Crippen LogP contribution in [0.3, 0.4) is 0 Å². The summed E-state index contributed by atoms with van der Waals surface area (Å²) in [6, 6.07) is 3.33. The highest BCUT2D eigenvalue weighted by molar-refractivity contribution is 5.83. The van der Waals surface area contributed by atoms with Crippen LogP contribution in [0.5, 0.6) is 0 Å². The predicted molar refractivity (Wildman–Crippen MR) is 69.9 cm³/mol. The number of nitro groups is 2. The normalized spacial score (nSPS) is 11.1. The Morgan fingerprint density at radius 1 is 1.30 bits per heavy atom. The van der Waals surface area contributed by atoms with E-state index < -0.39 is 21.3 Å². The molecule has 1 aromatic rings. The first-order valence-corrected chi connectivity index (χ1v) is 5.62. The first-order chi connectivity index (χ1) is 9.15. The monoisotopic (exact) mass is 282 g/mol. The number of primary amides is 1. The number of carbonyl (C=O) groups excluding carboxylic acids is 1. The van der Waals surface area contributed by atoms with Crippen molar-refractivity contribution in [2.24, 2.45) is 5.73 Å². The number of nitrogens with one attached hydrogen (secondary N) is 1. The van der Waals surface area contributed by atoms with Gasteiger partial charge in [-0.05, 0) is 19.9 Å². The topological polar surface area (TPSA) is 141 Å². The number of rotatable bonds is 6. The Hall–Kier alpha value is -2.55. The van der Waals surface area contributed by atoms with Crippen molar-refractivity contribution in [3.63, 3.8) is 0 Å². The van der Waals surface area contributed by atoms with Gasteiger partial charge in [0.1, 0.15) is 0 Å². The third-order valence-corrected chi connectivity index (χ3v) is 2.81. The van der Waals surface area contributed by atoms with E-state index in [9.17, 15) is 25.0 Å². The van der Waals surface area contributed by atoms with E-state index in [4.69, 9.17) is 5.73 Å². The number of hydrogen-bond acceptors (Lipinski definition) is 6. The highest BCUT2D eigenvalue weighted by Gasteiger charge is 2.26. The average Bonchev–Trinajstić information content (AvgIpc) is 2.35. The minimum absolute atomic E-state index is 0.00967. The van der Waals surface area contributed by atoms with Gasteiger partial charge in [0.2, 0.25) is 5.91 Å². The molecule has 0 bridgehead atoms. The number of non-ortho nitro benzene ring substituents is 1. The second-order valence-corrected chi connectivity index (χ2v) is 4.67. The summed E-state index contributed by atoms with van der Waals surface area (Å²) < 4.78 is 0. The summed E-state index contributed by atoms with van der Waals surface area (Å²) in [5.41, 5.74) is 3.61. The largest absolute Gasteiger partial charge is 0.368 e. The van der Waals surface area contributed by atoms with Crippen molar-refractivity contribution in [2.75, 3.05) is 0 Å². The third-order valence-electron chi connectivity index (χ3n) is 2.81. The van der Waals surface area contributed by atoms with Gasteiger partial charge in [-0.25, -0.2) is 0 Å². The maximum absolute atomic E-state index is 11.1. The minimum atomic E-state index is -1.05. The van der Waals surface area contributed by atoms with E-state index in [1.807, 2.05) is 0 Å². The van der Waals surface area contributed by atoms with Crippen molar-refractivity contribution in [3.05, 3.63) is 44.0 Å². The van der Waals surface area contributed by atoms with Gasteiger partial charge in [0.15, 0.2) is 0 Å². The molecule has 1 amide bonds. The van der Waals surface area contributed by atoms with Crippen molar-refractivity contribution in [1.29, 1.82) is 0 Å². The molecule has 0 saturated heterocycles. The molecule has 9 nitrogen and oxygen atoms in total. The molecule has 0 spiro atoms. The van der Waals surface area contributed by atoms with Crippen LogP contribution >= 0.6 is 0 Å². The molecule has 0 aliphatic rings. The van der Waals surface area contributed by atoms with Gasteiger partial charge in [-0.3, -0.25) is 30.3 Å². The van der Waals surface area contributed by atoms with Gasteiger partial charge in [-0.1, -0.05) is 0 Å². The zero-order chi connectivity index (χ0) is 15.5. The molecule has 0 saturated carbocycles. The van der Waals surface area contributed by atoms with Gasteiger partial charge < -0.3 is 5.73 Å². The lowest BCUT2D eigenvalue weighted by Gasteiger charge is -2.22. The Bertz CT molecular complexity index is 570. The first-order valence-electron chi connectivity index (χ1n) is 5.62. The van der Waals surface area contributed by atoms with Crippen LogP contribution in [0.15, 0.2) is 18.2 Å². The Labute approximate surface area is 114 Å². The average molecular weight is 282 g/mol. The Balaban J connectivity index is 3.04. The molecule has 1 rings (SSSR count). The molecule has 1 aromatic carbocycles. The lowest BCUT2D eigenvalue weighted by molar-refractivity contribution is -0.394. The molecule has 20 heavy (non-hydrogen) atoms. The summed E-state index contributed by atoms with van der Waals surface area (Å²) in [4.78, 5) is 31.2. The van der Waals surface area contributed by atoms with Gasteiger partial charge in [0.25, 0.3) is 11.4 Å². The van der Waals surface area contributed by atoms with Gasteiger partial charge in [0.05, 0.1) is 21.5 Å². The van der Waals surface area contributed by atoms with E-state index in [1.54, 1.807) is 0 Å². The Morgan fingerprint density at radius 2 is 1.90 bits per heavy atom. The molecular weight excluding hydrogens is 268 g/mol. The molecule has 3 N–H and O–H groups in total. The second-order valence-electron chi connectivity index (χ2n) is 4.67. The van der Waals surface area contributed by atoms with Crippen molar-refractivity contribution in [1.82, 2.24) is 5.32 Å². The predicted octanol–water partition coefficient (Wildman–Crippen LogP) is 0.857. The maximum atomic E-state index is 11.1. The van der Waals surface area contributed by atoms with Gasteiger partial charge >= 0.3 is 0 Å². The third kappa shape index (κ3) is 3.48. The van der Waals surface area contributed by atoms with Crippen LogP contribution in [-0.2, 0) is 11.3 Å². The van der Waals surface area contributed by atoms with Gasteiger partial charge in [0, 0.05) is 18.2 Å². The number of nitrogens with zero attached hydrogens (tertiary/aromatic N) is 2. The molecular formula is C11H14N4O5. The van der Waals surface area contributed by atoms with Crippen LogP contribution < -0.4 is 11.1 Å². The van der Waals surface area contributed by atoms with E-state index in [1.165, 1.54) is 26.0 Å². The Morgan fingerprint density at radius 3 is 2.35 bits per heavy atom. The van der Waals surface area contributed by atoms with E-state index in [0.29, 0.717) is 0 Å². The maximum Gasteiger partial charge on any atom is 0.280 e. The number of amides is 1. The molecule has 108 valence electrons. The van der Waals surface area contributed by atoms with E-state index in [2.05, 4.69) is 5.32 Å². The molecule has 0 radical (unpaired) electrons. The van der Waals surface area contributed by atoms with Crippen molar-refractivity contribution < 1.29 is 14.6 Å². The Kier molecular flexibility index (Phi) is 4.35. The van der Waals surface area contributed by atoms with Crippen LogP contribution in [0.1, 0.15) is 19.4 Å². The fourth-order valence-electron chi connectivity index (χ4n) is 1.39. The lowest BCUT2D eigenvalue weighted by atomic mass is 10.0. The zero-order valence-electron chi connectivity index (χ0n) is 11.0. The van der Waals surface area contributed by atoms with Gasteiger partial charge in [-0.2, -0.15) is 0 Å². The molecule has 0 aromatic heterocycles. The molecule has 0 aliphatic carbocycles. The minimum Gasteiger partial charge on any atom is -0.368 e. The smallest absolute Gasteiger partial charge is 0.280 e. The van der Waals surface area contributed by atoms with E-state index >= 15 is 0 Å². The summed E-state index contributed by atoms with van der Waals surface area (Å²) in [6.07, 6.45) is 0. The molecule has 0 unspecified atom stereocenters. The van der Waals surface area contributed by atoms with Crippen LogP contribution in [0.2, 0.25) is 0 Å². The number of hydrogen-bond donors (Lipinski definition) is 2. The number of carbonyl (C=O) groups is 1. The number of nitro benzene ring substituents is 2. The SMILES string of the molecule is CC(C)(NCc1ccc([N+](=O)[O-])cc1[N+](=O)[O-])C(N)=O. The highest BCUT2D eigenvalue weighted by atomic mass is 16.6. The second kappa shape index (κ2) is 5.61. The standard InChI is InChI=1S/C11H14N4O5/c1-11(2,10(12)16)13-6-7-3-4-8(14(17)18)5-9(7)15(19)20/h3-5,13H,6H2,1-2H3,(H2,12,16). The zero-order valence-corrected chi connectivity index (χ0v) is 11.0. The molecule has 0 aliphatic heterocycles. The van der Waals surface area contributed by atoms with Crippen molar-refractivity contribution in [2.45, 2.75) is 25.9 Å². The lowest BCUT2D eigenvalue weighted by Crippen LogP contribution is -2.50. The van der Waals surface area contributed by atoms with E-state index in [-0.39, 0.29) is 23.5 Å². The summed E-state index contributed by atoms with van der Waals surface area (Å²) >= 11 is 0. The van der Waals surface area contributed by atoms with Gasteiger partial charge in [-0.15, -0.1) is 0 Å². The summed E-state index contributed by atoms with van der Waals surface area (Å²) in [6.45, 7) is 3.06. The fourth-order valence-corrected chi connectivity index (χ4v) is 1.39. The van der Waals surface area contributed by atoms with Crippen molar-refractivity contribution in [3.8, 4) is 0 Å². The fraction of sp³-hybridized carbons (Fsp3) is 0.364. The number of nitrogens with two attached hydrogens (primary N) is 1. The van der Waals surface area contributed by atoms with E-state index in [0.717, 1.165) is 6.07 Å². The summed E-state index contributed by atoms with van der Waals surface area (Å²) in [5, 5.41) is 24.3. The van der Waals surface area contributed by atoms with Crippen LogP contribution in [0.4, 0.5) is 11.4 Å². The number of benzene rings is 1. The summed E-state index contributed by atoms with van der Waals surface area (Å²) in [5.74, 6) is -0.609. The van der Waals surface area contributed by atoms with Crippen LogP contribution in [0, 0.1) is 20.2 Å². The highest BCUT2D eigenvalue weighted by Crippen LogP contribution is 2.24. The van der Waals surface area contributed by atoms with Crippen molar-refractivity contribution >= 4 is 17.3 Å². The molecule has 9 heteroatoms.